The predicted octanol–water partition coefficient (Wildman–Crippen LogP) is 1.87. The average molecular weight is 205 g/mol. The highest BCUT2D eigenvalue weighted by atomic mass is 16.4. The molecular formula is C12H15NO2. The quantitative estimate of drug-likeness (QED) is 0.775. The fourth-order valence-corrected chi connectivity index (χ4v) is 2.00. The van der Waals surface area contributed by atoms with Gasteiger partial charge in [-0.05, 0) is 25.3 Å². The molecule has 0 saturated carbocycles. The first-order chi connectivity index (χ1) is 7.16. The van der Waals surface area contributed by atoms with Crippen molar-refractivity contribution in [3.8, 4) is 0 Å². The first-order valence-corrected chi connectivity index (χ1v) is 5.22. The zero-order chi connectivity index (χ0) is 10.8. The molecule has 2 rings (SSSR count). The van der Waals surface area contributed by atoms with E-state index in [0.717, 1.165) is 6.42 Å². The van der Waals surface area contributed by atoms with Gasteiger partial charge >= 0.3 is 5.97 Å². The van der Waals surface area contributed by atoms with Crippen molar-refractivity contribution in [1.82, 2.24) is 5.32 Å². The number of carbonyl (C=O) groups is 1. The van der Waals surface area contributed by atoms with Gasteiger partial charge in [0.25, 0.3) is 0 Å². The molecule has 1 aliphatic rings. The lowest BCUT2D eigenvalue weighted by molar-refractivity contribution is -0.139. The summed E-state index contributed by atoms with van der Waals surface area (Å²) in [6, 6.07) is 8.08. The van der Waals surface area contributed by atoms with Crippen LogP contribution in [0.5, 0.6) is 0 Å². The number of nitrogens with one attached hydrogen (secondary N) is 1. The van der Waals surface area contributed by atoms with Gasteiger partial charge in [0.05, 0.1) is 0 Å². The molecule has 0 spiro atoms. The fraction of sp³-hybridized carbons (Fsp3) is 0.417. The third-order valence-electron chi connectivity index (χ3n) is 2.92. The Bertz CT molecular complexity index is 358. The Morgan fingerprint density at radius 3 is 2.53 bits per heavy atom. The van der Waals surface area contributed by atoms with E-state index in [1.165, 1.54) is 11.1 Å². The maximum atomic E-state index is 10.8. The maximum absolute atomic E-state index is 10.8. The molecule has 0 amide bonds. The molecule has 1 aromatic rings. The Kier molecular flexibility index (Phi) is 2.73. The van der Waals surface area contributed by atoms with Gasteiger partial charge in [0, 0.05) is 6.04 Å². The molecule has 1 aliphatic heterocycles. The molecule has 0 aromatic heterocycles. The lowest BCUT2D eigenvalue weighted by atomic mass is 10.0. The van der Waals surface area contributed by atoms with Crippen LogP contribution in [0.25, 0.3) is 0 Å². The summed E-state index contributed by atoms with van der Waals surface area (Å²) in [5, 5.41) is 12.0. The Morgan fingerprint density at radius 2 is 2.00 bits per heavy atom. The molecule has 0 radical (unpaired) electrons. The lowest BCUT2D eigenvalue weighted by Gasteiger charge is -2.12. The third kappa shape index (κ3) is 2.18. The molecule has 3 heteroatoms. The number of carboxylic acids is 1. The van der Waals surface area contributed by atoms with Crippen LogP contribution in [0, 0.1) is 6.92 Å². The monoisotopic (exact) mass is 205 g/mol. The molecule has 3 nitrogen and oxygen atoms in total. The second kappa shape index (κ2) is 4.03. The molecule has 1 fully saturated rings. The van der Waals surface area contributed by atoms with E-state index in [4.69, 9.17) is 5.11 Å². The summed E-state index contributed by atoms with van der Waals surface area (Å²) in [4.78, 5) is 10.8. The minimum absolute atomic E-state index is 0.201. The highest BCUT2D eigenvalue weighted by Crippen LogP contribution is 2.26. The number of aliphatic carboxylic acids is 1. The topological polar surface area (TPSA) is 49.3 Å². The Balaban J connectivity index is 2.07. The third-order valence-corrected chi connectivity index (χ3v) is 2.92. The van der Waals surface area contributed by atoms with Gasteiger partial charge in [0.1, 0.15) is 6.04 Å². The van der Waals surface area contributed by atoms with Crippen molar-refractivity contribution in [3.05, 3.63) is 35.4 Å². The zero-order valence-corrected chi connectivity index (χ0v) is 8.73. The number of hydrogen-bond acceptors (Lipinski definition) is 2. The summed E-state index contributed by atoms with van der Waals surface area (Å²) in [6.45, 7) is 2.05. The van der Waals surface area contributed by atoms with E-state index in [-0.39, 0.29) is 12.1 Å². The number of rotatable bonds is 2. The normalized spacial score (nSPS) is 25.4. The van der Waals surface area contributed by atoms with Crippen LogP contribution < -0.4 is 5.32 Å². The number of hydrogen-bond donors (Lipinski definition) is 2. The Morgan fingerprint density at radius 1 is 1.33 bits per heavy atom. The van der Waals surface area contributed by atoms with E-state index < -0.39 is 5.97 Å². The van der Waals surface area contributed by atoms with E-state index >= 15 is 0 Å². The number of aryl methyl sites for hydroxylation is 1. The number of benzene rings is 1. The highest BCUT2D eigenvalue weighted by Gasteiger charge is 2.29. The van der Waals surface area contributed by atoms with Gasteiger partial charge in [-0.15, -0.1) is 0 Å². The minimum Gasteiger partial charge on any atom is -0.480 e. The summed E-state index contributed by atoms with van der Waals surface area (Å²) in [7, 11) is 0. The van der Waals surface area contributed by atoms with Crippen molar-refractivity contribution in [2.75, 3.05) is 0 Å². The summed E-state index contributed by atoms with van der Waals surface area (Å²) in [5.74, 6) is -0.746. The van der Waals surface area contributed by atoms with Gasteiger partial charge in [-0.2, -0.15) is 0 Å². The molecule has 1 heterocycles. The smallest absolute Gasteiger partial charge is 0.320 e. The van der Waals surface area contributed by atoms with Crippen molar-refractivity contribution in [2.45, 2.75) is 31.8 Å². The largest absolute Gasteiger partial charge is 0.480 e. The maximum Gasteiger partial charge on any atom is 0.320 e. The van der Waals surface area contributed by atoms with E-state index in [0.29, 0.717) is 6.42 Å². The molecule has 15 heavy (non-hydrogen) atoms. The molecule has 2 N–H and O–H groups in total. The molecule has 1 saturated heterocycles. The molecule has 80 valence electrons. The molecular weight excluding hydrogens is 190 g/mol. The van der Waals surface area contributed by atoms with Crippen molar-refractivity contribution in [2.24, 2.45) is 0 Å². The second-order valence-electron chi connectivity index (χ2n) is 4.10. The summed E-state index contributed by atoms with van der Waals surface area (Å²) in [5.41, 5.74) is 2.41. The molecule has 0 aliphatic carbocycles. The van der Waals surface area contributed by atoms with E-state index in [2.05, 4.69) is 29.6 Å². The average Bonchev–Trinajstić information content (AvgIpc) is 2.68. The van der Waals surface area contributed by atoms with E-state index in [9.17, 15) is 4.79 Å². The highest BCUT2D eigenvalue weighted by molar-refractivity contribution is 5.73. The molecule has 0 unspecified atom stereocenters. The van der Waals surface area contributed by atoms with Gasteiger partial charge in [0.15, 0.2) is 0 Å². The van der Waals surface area contributed by atoms with Crippen LogP contribution >= 0.6 is 0 Å². The van der Waals surface area contributed by atoms with Crippen LogP contribution in [0.1, 0.15) is 30.0 Å². The predicted molar refractivity (Wildman–Crippen MR) is 57.7 cm³/mol. The van der Waals surface area contributed by atoms with Crippen molar-refractivity contribution < 1.29 is 9.90 Å². The van der Waals surface area contributed by atoms with Crippen LogP contribution in [0.2, 0.25) is 0 Å². The summed E-state index contributed by atoms with van der Waals surface area (Å²) >= 11 is 0. The summed E-state index contributed by atoms with van der Waals surface area (Å²) < 4.78 is 0. The van der Waals surface area contributed by atoms with Crippen molar-refractivity contribution in [3.63, 3.8) is 0 Å². The van der Waals surface area contributed by atoms with Gasteiger partial charge in [0.2, 0.25) is 0 Å². The SMILES string of the molecule is Cc1ccc([C@H]2CC[C@H](C(=O)O)N2)cc1. The van der Waals surface area contributed by atoms with Crippen LogP contribution in [0.4, 0.5) is 0 Å². The van der Waals surface area contributed by atoms with E-state index in [1.807, 2.05) is 6.92 Å². The fourth-order valence-electron chi connectivity index (χ4n) is 2.00. The minimum atomic E-state index is -0.746. The van der Waals surface area contributed by atoms with Crippen LogP contribution in [-0.2, 0) is 4.79 Å². The second-order valence-corrected chi connectivity index (χ2v) is 4.10. The van der Waals surface area contributed by atoms with Crippen LogP contribution in [0.3, 0.4) is 0 Å². The van der Waals surface area contributed by atoms with Gasteiger partial charge < -0.3 is 5.11 Å². The Labute approximate surface area is 89.1 Å². The number of carboxylic acid groups (broad SMARTS) is 1. The standard InChI is InChI=1S/C12H15NO2/c1-8-2-4-9(5-3-8)10-6-7-11(13-10)12(14)15/h2-5,10-11,13H,6-7H2,1H3,(H,14,15)/t10-,11-/m1/s1. The van der Waals surface area contributed by atoms with Gasteiger partial charge in [-0.25, -0.2) is 0 Å². The zero-order valence-electron chi connectivity index (χ0n) is 8.73. The van der Waals surface area contributed by atoms with E-state index in [1.54, 1.807) is 0 Å². The van der Waals surface area contributed by atoms with Crippen molar-refractivity contribution >= 4 is 5.97 Å². The van der Waals surface area contributed by atoms with Gasteiger partial charge in [-0.3, -0.25) is 10.1 Å². The Hall–Kier alpha value is -1.35. The van der Waals surface area contributed by atoms with Crippen LogP contribution in [0.15, 0.2) is 24.3 Å². The van der Waals surface area contributed by atoms with Crippen molar-refractivity contribution in [1.29, 1.82) is 0 Å². The first kappa shape index (κ1) is 10.2. The van der Waals surface area contributed by atoms with Crippen LogP contribution in [-0.4, -0.2) is 17.1 Å². The first-order valence-electron chi connectivity index (χ1n) is 5.22. The lowest BCUT2D eigenvalue weighted by Crippen LogP contribution is -2.31. The van der Waals surface area contributed by atoms with Gasteiger partial charge in [-0.1, -0.05) is 29.8 Å². The molecule has 2 atom stereocenters. The molecule has 1 aromatic carbocycles. The summed E-state index contributed by atoms with van der Waals surface area (Å²) in [6.07, 6.45) is 1.62. The molecule has 0 bridgehead atoms.